The Morgan fingerprint density at radius 3 is 3.00 bits per heavy atom. The van der Waals surface area contributed by atoms with Gasteiger partial charge in [-0.05, 0) is 12.1 Å². The molecule has 2 N–H and O–H groups in total. The lowest BCUT2D eigenvalue weighted by atomic mass is 10.2. The summed E-state index contributed by atoms with van der Waals surface area (Å²) in [5, 5.41) is 8.76. The standard InChI is InChI=1S/C11H8N4/c1-2-8-4-3-5-11-14-7-10(15(8)11)9(13)6-12/h1,3-5,7,9H,13H2. The van der Waals surface area contributed by atoms with Crippen LogP contribution in [0, 0.1) is 23.7 Å². The summed E-state index contributed by atoms with van der Waals surface area (Å²) in [6, 6.07) is 6.66. The summed E-state index contributed by atoms with van der Waals surface area (Å²) in [5.41, 5.74) is 7.59. The molecule has 0 aliphatic carbocycles. The molecule has 0 bridgehead atoms. The van der Waals surface area contributed by atoms with E-state index in [0.29, 0.717) is 17.0 Å². The molecule has 1 atom stereocenters. The van der Waals surface area contributed by atoms with Crippen LogP contribution in [0.5, 0.6) is 0 Å². The Balaban J connectivity index is 2.79. The molecular weight excluding hydrogens is 188 g/mol. The number of rotatable bonds is 1. The maximum Gasteiger partial charge on any atom is 0.137 e. The third-order valence-electron chi connectivity index (χ3n) is 2.16. The van der Waals surface area contributed by atoms with E-state index in [1.54, 1.807) is 16.7 Å². The molecule has 0 amide bonds. The Morgan fingerprint density at radius 1 is 1.53 bits per heavy atom. The van der Waals surface area contributed by atoms with Gasteiger partial charge in [-0.1, -0.05) is 12.0 Å². The number of hydrogen-bond donors (Lipinski definition) is 1. The molecule has 2 aromatic rings. The first-order valence-corrected chi connectivity index (χ1v) is 4.36. The van der Waals surface area contributed by atoms with Gasteiger partial charge in [0.1, 0.15) is 11.7 Å². The first-order chi connectivity index (χ1) is 7.27. The molecule has 2 aromatic heterocycles. The minimum absolute atomic E-state index is 0.612. The van der Waals surface area contributed by atoms with Gasteiger partial charge >= 0.3 is 0 Å². The summed E-state index contributed by atoms with van der Waals surface area (Å²) in [5.74, 6) is 2.53. The normalized spacial score (nSPS) is 11.9. The lowest BCUT2D eigenvalue weighted by Gasteiger charge is -2.04. The van der Waals surface area contributed by atoms with Gasteiger partial charge in [-0.15, -0.1) is 6.42 Å². The highest BCUT2D eigenvalue weighted by molar-refractivity contribution is 5.47. The number of pyridine rings is 1. The maximum atomic E-state index is 8.76. The van der Waals surface area contributed by atoms with E-state index in [1.165, 1.54) is 0 Å². The molecule has 0 saturated carbocycles. The zero-order chi connectivity index (χ0) is 10.8. The molecular formula is C11H8N4. The van der Waals surface area contributed by atoms with Gasteiger partial charge in [0.05, 0.1) is 23.7 Å². The van der Waals surface area contributed by atoms with Crippen LogP contribution >= 0.6 is 0 Å². The van der Waals surface area contributed by atoms with Crippen LogP contribution in [-0.2, 0) is 0 Å². The van der Waals surface area contributed by atoms with E-state index < -0.39 is 6.04 Å². The molecule has 0 fully saturated rings. The summed E-state index contributed by atoms with van der Waals surface area (Å²) in [6.07, 6.45) is 6.94. The predicted molar refractivity (Wildman–Crippen MR) is 55.7 cm³/mol. The molecule has 0 aromatic carbocycles. The molecule has 0 spiro atoms. The third kappa shape index (κ3) is 1.34. The van der Waals surface area contributed by atoms with Gasteiger partial charge in [-0.25, -0.2) is 4.98 Å². The second-order valence-corrected chi connectivity index (χ2v) is 3.04. The van der Waals surface area contributed by atoms with Gasteiger partial charge in [-0.2, -0.15) is 5.26 Å². The molecule has 2 rings (SSSR count). The number of nitrogens with two attached hydrogens (primary N) is 1. The molecule has 2 heterocycles. The van der Waals surface area contributed by atoms with Crippen LogP contribution < -0.4 is 5.73 Å². The number of nitrogens with zero attached hydrogens (tertiary/aromatic N) is 3. The predicted octanol–water partition coefficient (Wildman–Crippen LogP) is 0.839. The Morgan fingerprint density at radius 2 is 2.33 bits per heavy atom. The highest BCUT2D eigenvalue weighted by atomic mass is 15.0. The topological polar surface area (TPSA) is 67.1 Å². The fraction of sp³-hybridized carbons (Fsp3) is 0.0909. The Bertz CT molecular complexity index is 583. The molecule has 0 aliphatic rings. The van der Waals surface area contributed by atoms with Crippen molar-refractivity contribution in [3.05, 3.63) is 35.8 Å². The summed E-state index contributed by atoms with van der Waals surface area (Å²) < 4.78 is 1.72. The molecule has 15 heavy (non-hydrogen) atoms. The van der Waals surface area contributed by atoms with Crippen LogP contribution in [0.3, 0.4) is 0 Å². The SMILES string of the molecule is C#Cc1cccc2ncc(C(N)C#N)n12. The molecule has 0 saturated heterocycles. The highest BCUT2D eigenvalue weighted by Crippen LogP contribution is 2.14. The molecule has 1 unspecified atom stereocenters. The molecule has 0 aliphatic heterocycles. The van der Waals surface area contributed by atoms with Crippen molar-refractivity contribution in [3.8, 4) is 18.4 Å². The van der Waals surface area contributed by atoms with Gasteiger partial charge in [0.25, 0.3) is 0 Å². The lowest BCUT2D eigenvalue weighted by molar-refractivity contribution is 0.853. The van der Waals surface area contributed by atoms with Crippen LogP contribution in [0.1, 0.15) is 17.4 Å². The average molecular weight is 196 g/mol. The summed E-state index contributed by atoms with van der Waals surface area (Å²) >= 11 is 0. The van der Waals surface area contributed by atoms with Gasteiger partial charge < -0.3 is 5.73 Å². The summed E-state index contributed by atoms with van der Waals surface area (Å²) in [7, 11) is 0. The van der Waals surface area contributed by atoms with Gasteiger partial charge in [0.15, 0.2) is 0 Å². The van der Waals surface area contributed by atoms with Crippen molar-refractivity contribution < 1.29 is 0 Å². The van der Waals surface area contributed by atoms with Crippen LogP contribution in [0.2, 0.25) is 0 Å². The van der Waals surface area contributed by atoms with Crippen LogP contribution in [-0.4, -0.2) is 9.38 Å². The number of nitriles is 1. The zero-order valence-electron chi connectivity index (χ0n) is 7.88. The van der Waals surface area contributed by atoms with Crippen molar-refractivity contribution in [2.45, 2.75) is 6.04 Å². The number of fused-ring (bicyclic) bond motifs is 1. The number of imidazole rings is 1. The number of terminal acetylenes is 1. The molecule has 0 radical (unpaired) electrons. The van der Waals surface area contributed by atoms with Crippen LogP contribution in [0.25, 0.3) is 5.65 Å². The van der Waals surface area contributed by atoms with Crippen molar-refractivity contribution >= 4 is 5.65 Å². The van der Waals surface area contributed by atoms with Crippen molar-refractivity contribution in [2.24, 2.45) is 5.73 Å². The minimum atomic E-state index is -0.713. The maximum absolute atomic E-state index is 8.76. The summed E-state index contributed by atoms with van der Waals surface area (Å²) in [4.78, 5) is 4.13. The van der Waals surface area contributed by atoms with Gasteiger partial charge in [0.2, 0.25) is 0 Å². The van der Waals surface area contributed by atoms with Crippen molar-refractivity contribution in [1.82, 2.24) is 9.38 Å². The molecule has 4 nitrogen and oxygen atoms in total. The Kier molecular flexibility index (Phi) is 2.13. The van der Waals surface area contributed by atoms with E-state index in [0.717, 1.165) is 0 Å². The molecule has 72 valence electrons. The first-order valence-electron chi connectivity index (χ1n) is 4.36. The van der Waals surface area contributed by atoms with Crippen molar-refractivity contribution in [1.29, 1.82) is 5.26 Å². The molecule has 4 heteroatoms. The van der Waals surface area contributed by atoms with E-state index >= 15 is 0 Å². The zero-order valence-corrected chi connectivity index (χ0v) is 7.88. The largest absolute Gasteiger partial charge is 0.311 e. The average Bonchev–Trinajstić information content (AvgIpc) is 2.71. The van der Waals surface area contributed by atoms with Crippen molar-refractivity contribution in [2.75, 3.05) is 0 Å². The second-order valence-electron chi connectivity index (χ2n) is 3.04. The quantitative estimate of drug-likeness (QED) is 0.687. The highest BCUT2D eigenvalue weighted by Gasteiger charge is 2.12. The third-order valence-corrected chi connectivity index (χ3v) is 2.16. The number of hydrogen-bond acceptors (Lipinski definition) is 3. The fourth-order valence-corrected chi connectivity index (χ4v) is 1.46. The van der Waals surface area contributed by atoms with Gasteiger partial charge in [-0.3, -0.25) is 4.40 Å². The smallest absolute Gasteiger partial charge is 0.137 e. The van der Waals surface area contributed by atoms with Crippen molar-refractivity contribution in [3.63, 3.8) is 0 Å². The fourth-order valence-electron chi connectivity index (χ4n) is 1.46. The number of aromatic nitrogens is 2. The first kappa shape index (κ1) is 9.26. The van der Waals surface area contributed by atoms with E-state index in [2.05, 4.69) is 10.9 Å². The van der Waals surface area contributed by atoms with E-state index in [1.807, 2.05) is 18.2 Å². The van der Waals surface area contributed by atoms with E-state index in [-0.39, 0.29) is 0 Å². The van der Waals surface area contributed by atoms with E-state index in [4.69, 9.17) is 17.4 Å². The monoisotopic (exact) mass is 196 g/mol. The van der Waals surface area contributed by atoms with Gasteiger partial charge in [0, 0.05) is 0 Å². The second kappa shape index (κ2) is 3.45. The Hall–Kier alpha value is -2.30. The van der Waals surface area contributed by atoms with E-state index in [9.17, 15) is 0 Å². The Labute approximate surface area is 87.0 Å². The summed E-state index contributed by atoms with van der Waals surface area (Å²) in [6.45, 7) is 0. The lowest BCUT2D eigenvalue weighted by Crippen LogP contribution is -2.11. The van der Waals surface area contributed by atoms with Crippen LogP contribution in [0.4, 0.5) is 0 Å². The minimum Gasteiger partial charge on any atom is -0.311 e. The van der Waals surface area contributed by atoms with Crippen LogP contribution in [0.15, 0.2) is 24.4 Å².